The fourth-order valence-corrected chi connectivity index (χ4v) is 0.603. The second-order valence-corrected chi connectivity index (χ2v) is 2.01. The lowest BCUT2D eigenvalue weighted by atomic mass is 10.5. The van der Waals surface area contributed by atoms with Crippen LogP contribution in [-0.4, -0.2) is 28.8 Å². The molecule has 0 fully saturated rings. The molecule has 8 heavy (non-hydrogen) atoms. The molecule has 0 saturated heterocycles. The van der Waals surface area contributed by atoms with Gasteiger partial charge in [0.2, 0.25) is 5.78 Å². The van der Waals surface area contributed by atoms with Gasteiger partial charge in [0.05, 0.1) is 5.75 Å². The van der Waals surface area contributed by atoms with Gasteiger partial charge in [-0.2, -0.15) is 16.6 Å². The van der Waals surface area contributed by atoms with Gasteiger partial charge in [0.1, 0.15) is 0 Å². The summed E-state index contributed by atoms with van der Waals surface area (Å²) in [6.07, 6.45) is 2.71. The van der Waals surface area contributed by atoms with Crippen LogP contribution in [0.4, 0.5) is 0 Å². The summed E-state index contributed by atoms with van der Waals surface area (Å²) in [4.78, 5) is 12.9. The predicted octanol–water partition coefficient (Wildman–Crippen LogP) is 0.219. The molecule has 0 rings (SSSR count). The Kier molecular flexibility index (Phi) is 4.21. The molecule has 0 aliphatic rings. The van der Waals surface area contributed by atoms with Crippen LogP contribution in [0.1, 0.15) is 0 Å². The number of Topliss-reactive ketones (excluding diaryl/α,β-unsaturated/α-hetero) is 1. The van der Waals surface area contributed by atoms with Crippen molar-refractivity contribution in [2.45, 2.75) is 0 Å². The Morgan fingerprint density at radius 1 is 2.00 bits per heavy atom. The van der Waals surface area contributed by atoms with Crippen LogP contribution < -0.4 is 0 Å². The first-order valence-corrected chi connectivity index (χ1v) is 3.40. The molecule has 0 spiro atoms. The summed E-state index contributed by atoms with van der Waals surface area (Å²) in [7, 11) is 0. The molecule has 0 N–H and O–H groups in total. The van der Waals surface area contributed by atoms with E-state index in [2.05, 4.69) is 4.79 Å². The monoisotopic (exact) mass is 130 g/mol. The lowest BCUT2D eigenvalue weighted by Gasteiger charge is -1.78. The molecule has 0 aliphatic heterocycles. The summed E-state index contributed by atoms with van der Waals surface area (Å²) in [5.41, 5.74) is 7.80. The molecule has 0 saturated carbocycles. The van der Waals surface area contributed by atoms with Gasteiger partial charge >= 0.3 is 6.21 Å². The molecule has 0 aromatic heterocycles. The van der Waals surface area contributed by atoms with E-state index in [1.54, 1.807) is 0 Å². The Morgan fingerprint density at radius 2 is 2.62 bits per heavy atom. The van der Waals surface area contributed by atoms with E-state index in [1.807, 2.05) is 6.26 Å². The second-order valence-electron chi connectivity index (χ2n) is 1.14. The van der Waals surface area contributed by atoms with E-state index < -0.39 is 0 Å². The number of hydrogen-bond donors (Lipinski definition) is 0. The van der Waals surface area contributed by atoms with Crippen molar-refractivity contribution in [3.8, 4) is 0 Å². The van der Waals surface area contributed by atoms with Crippen LogP contribution in [0.15, 0.2) is 0 Å². The topological polar surface area (TPSA) is 53.5 Å². The first-order chi connectivity index (χ1) is 3.81. The van der Waals surface area contributed by atoms with Gasteiger partial charge in [-0.05, 0) is 6.26 Å². The predicted molar refractivity (Wildman–Crippen MR) is 33.1 cm³/mol. The zero-order valence-corrected chi connectivity index (χ0v) is 5.31. The smallest absolute Gasteiger partial charge is 0.324 e. The number of carbonyl (C=O) groups is 1. The average molecular weight is 130 g/mol. The van der Waals surface area contributed by atoms with E-state index in [-0.39, 0.29) is 5.78 Å². The van der Waals surface area contributed by atoms with Gasteiger partial charge in [-0.15, -0.1) is 0 Å². The molecule has 0 radical (unpaired) electrons. The third-order valence-electron chi connectivity index (χ3n) is 0.488. The molecule has 3 nitrogen and oxygen atoms in total. The zero-order chi connectivity index (χ0) is 6.41. The number of hydrogen-bond acceptors (Lipinski definition) is 2. The van der Waals surface area contributed by atoms with Crippen molar-refractivity contribution < 1.29 is 9.58 Å². The molecule has 0 atom stereocenters. The molecule has 44 valence electrons. The summed E-state index contributed by atoms with van der Waals surface area (Å²) >= 11 is 1.40. The minimum atomic E-state index is -0.167. The summed E-state index contributed by atoms with van der Waals surface area (Å²) < 4.78 is 0. The van der Waals surface area contributed by atoms with E-state index in [1.165, 1.54) is 11.8 Å². The van der Waals surface area contributed by atoms with Gasteiger partial charge in [0.15, 0.2) is 0 Å². The summed E-state index contributed by atoms with van der Waals surface area (Å²) in [6, 6.07) is 0. The second kappa shape index (κ2) is 4.56. The molecule has 4 heteroatoms. The molecule has 0 heterocycles. The molecular formula is C4H6N2OS. The van der Waals surface area contributed by atoms with Crippen LogP contribution in [0, 0.1) is 0 Å². The van der Waals surface area contributed by atoms with E-state index >= 15 is 0 Å². The van der Waals surface area contributed by atoms with Gasteiger partial charge < -0.3 is 5.53 Å². The van der Waals surface area contributed by atoms with Crippen molar-refractivity contribution in [1.29, 1.82) is 0 Å². The highest BCUT2D eigenvalue weighted by molar-refractivity contribution is 7.99. The van der Waals surface area contributed by atoms with Crippen molar-refractivity contribution >= 4 is 23.8 Å². The summed E-state index contributed by atoms with van der Waals surface area (Å²) in [5, 5.41) is 0. The van der Waals surface area contributed by atoms with E-state index in [0.29, 0.717) is 5.75 Å². The van der Waals surface area contributed by atoms with Crippen LogP contribution in [-0.2, 0) is 4.79 Å². The van der Waals surface area contributed by atoms with Crippen molar-refractivity contribution in [3.63, 3.8) is 0 Å². The van der Waals surface area contributed by atoms with Crippen LogP contribution in [0.5, 0.6) is 0 Å². The third kappa shape index (κ3) is 3.59. The Hall–Kier alpha value is -0.600. The Balaban J connectivity index is 3.49. The fraction of sp³-hybridized carbons (Fsp3) is 0.500. The summed E-state index contributed by atoms with van der Waals surface area (Å²) in [6.45, 7) is 0. The number of ketones is 1. The van der Waals surface area contributed by atoms with Gasteiger partial charge in [-0.25, -0.2) is 0 Å². The van der Waals surface area contributed by atoms with Gasteiger partial charge in [-0.1, -0.05) is 0 Å². The van der Waals surface area contributed by atoms with Crippen LogP contribution >= 0.6 is 11.8 Å². The first kappa shape index (κ1) is 7.40. The maximum atomic E-state index is 10.3. The summed E-state index contributed by atoms with van der Waals surface area (Å²) in [5.74, 6) is 0.212. The zero-order valence-electron chi connectivity index (χ0n) is 4.50. The highest BCUT2D eigenvalue weighted by Gasteiger charge is 1.97. The largest absolute Gasteiger partial charge is 0.361 e. The maximum absolute atomic E-state index is 10.3. The lowest BCUT2D eigenvalue weighted by molar-refractivity contribution is -0.113. The average Bonchev–Trinajstić information content (AvgIpc) is 1.68. The molecule has 0 amide bonds. The fourth-order valence-electron chi connectivity index (χ4n) is 0.244. The lowest BCUT2D eigenvalue weighted by Crippen LogP contribution is -2.01. The Bertz CT molecular complexity index is 128. The number of rotatable bonds is 3. The van der Waals surface area contributed by atoms with Crippen LogP contribution in [0.3, 0.4) is 0 Å². The first-order valence-electron chi connectivity index (χ1n) is 2.00. The molecule has 0 bridgehead atoms. The van der Waals surface area contributed by atoms with Gasteiger partial charge in [0.25, 0.3) is 0 Å². The van der Waals surface area contributed by atoms with E-state index in [9.17, 15) is 4.79 Å². The van der Waals surface area contributed by atoms with Crippen molar-refractivity contribution in [3.05, 3.63) is 5.53 Å². The van der Waals surface area contributed by atoms with Crippen LogP contribution in [0.25, 0.3) is 5.53 Å². The van der Waals surface area contributed by atoms with E-state index in [0.717, 1.165) is 6.21 Å². The molecule has 0 unspecified atom stereocenters. The molecule has 0 aromatic rings. The van der Waals surface area contributed by atoms with Crippen molar-refractivity contribution in [2.24, 2.45) is 0 Å². The Morgan fingerprint density at radius 3 is 3.00 bits per heavy atom. The number of carbonyl (C=O) groups excluding carboxylic acids is 1. The standard InChI is InChI=1S/C4H6N2OS/c1-8-3-4(7)2-6-5/h2H,3H2,1H3. The SMILES string of the molecule is CSCC(=O)C=[N+]=[N-]. The maximum Gasteiger partial charge on any atom is 0.324 e. The quantitative estimate of drug-likeness (QED) is 0.312. The highest BCUT2D eigenvalue weighted by Crippen LogP contribution is 1.87. The van der Waals surface area contributed by atoms with Crippen molar-refractivity contribution in [2.75, 3.05) is 12.0 Å². The van der Waals surface area contributed by atoms with Gasteiger partial charge in [0, 0.05) is 0 Å². The molecule has 0 aliphatic carbocycles. The number of thioether (sulfide) groups is 1. The molecule has 0 aromatic carbocycles. The van der Waals surface area contributed by atoms with E-state index in [4.69, 9.17) is 5.53 Å². The van der Waals surface area contributed by atoms with Crippen molar-refractivity contribution in [1.82, 2.24) is 0 Å². The number of nitrogens with zero attached hydrogens (tertiary/aromatic N) is 2. The normalized spacial score (nSPS) is 7.62. The Labute approximate surface area is 51.7 Å². The highest BCUT2D eigenvalue weighted by atomic mass is 32.2. The minimum Gasteiger partial charge on any atom is -0.361 e. The molecular weight excluding hydrogens is 124 g/mol. The minimum absolute atomic E-state index is 0.167. The third-order valence-corrected chi connectivity index (χ3v) is 1.06. The van der Waals surface area contributed by atoms with Gasteiger partial charge in [-0.3, -0.25) is 4.79 Å². The van der Waals surface area contributed by atoms with Crippen LogP contribution in [0.2, 0.25) is 0 Å².